The first-order chi connectivity index (χ1) is 9.70. The topological polar surface area (TPSA) is 59.6 Å². The lowest BCUT2D eigenvalue weighted by Crippen LogP contribution is -2.51. The number of rotatable bonds is 5. The van der Waals surface area contributed by atoms with E-state index in [1.807, 2.05) is 0 Å². The highest BCUT2D eigenvalue weighted by molar-refractivity contribution is 5.81. The maximum absolute atomic E-state index is 13.5. The Kier molecular flexibility index (Phi) is 5.46. The molecule has 1 aliphatic heterocycles. The van der Waals surface area contributed by atoms with Crippen molar-refractivity contribution < 1.29 is 18.7 Å². The van der Waals surface area contributed by atoms with E-state index in [1.165, 1.54) is 13.2 Å². The zero-order valence-electron chi connectivity index (χ0n) is 11.4. The molecule has 0 saturated carbocycles. The molecule has 0 aromatic heterocycles. The molecule has 1 aromatic rings. The Morgan fingerprint density at radius 3 is 3.15 bits per heavy atom. The van der Waals surface area contributed by atoms with Gasteiger partial charge in [0.2, 0.25) is 5.91 Å². The average Bonchev–Trinajstić information content (AvgIpc) is 2.49. The first-order valence-electron chi connectivity index (χ1n) is 6.56. The van der Waals surface area contributed by atoms with E-state index < -0.39 is 0 Å². The lowest BCUT2D eigenvalue weighted by Gasteiger charge is -2.22. The minimum Gasteiger partial charge on any atom is -0.380 e. The smallest absolute Gasteiger partial charge is 0.239 e. The van der Waals surface area contributed by atoms with E-state index in [9.17, 15) is 9.18 Å². The largest absolute Gasteiger partial charge is 0.380 e. The van der Waals surface area contributed by atoms with Crippen LogP contribution in [0.5, 0.6) is 0 Å². The number of ether oxygens (including phenoxy) is 2. The fourth-order valence-corrected chi connectivity index (χ4v) is 2.05. The molecule has 2 rings (SSSR count). The Bertz CT molecular complexity index is 462. The van der Waals surface area contributed by atoms with E-state index in [2.05, 4.69) is 10.6 Å². The molecule has 0 aliphatic carbocycles. The van der Waals surface area contributed by atoms with E-state index in [1.54, 1.807) is 12.1 Å². The molecule has 0 unspecified atom stereocenters. The molecular weight excluding hydrogens is 263 g/mol. The molecule has 110 valence electrons. The van der Waals surface area contributed by atoms with Gasteiger partial charge in [-0.2, -0.15) is 0 Å². The second-order valence-electron chi connectivity index (χ2n) is 4.66. The van der Waals surface area contributed by atoms with Gasteiger partial charge in [-0.3, -0.25) is 4.79 Å². The third-order valence-electron chi connectivity index (χ3n) is 3.11. The van der Waals surface area contributed by atoms with Crippen LogP contribution in [-0.2, 0) is 27.4 Å². The van der Waals surface area contributed by atoms with Gasteiger partial charge in [0.1, 0.15) is 11.9 Å². The Balaban J connectivity index is 1.89. The minimum atomic E-state index is -0.317. The van der Waals surface area contributed by atoms with E-state index in [-0.39, 0.29) is 24.4 Å². The van der Waals surface area contributed by atoms with Gasteiger partial charge in [-0.15, -0.1) is 0 Å². The molecule has 1 amide bonds. The van der Waals surface area contributed by atoms with Gasteiger partial charge in [0.05, 0.1) is 19.8 Å². The van der Waals surface area contributed by atoms with Crippen LogP contribution in [0.2, 0.25) is 0 Å². The van der Waals surface area contributed by atoms with E-state index in [4.69, 9.17) is 9.47 Å². The van der Waals surface area contributed by atoms with Gasteiger partial charge in [-0.05, 0) is 17.7 Å². The van der Waals surface area contributed by atoms with Gasteiger partial charge < -0.3 is 20.1 Å². The molecule has 0 spiro atoms. The Morgan fingerprint density at radius 2 is 2.45 bits per heavy atom. The van der Waals surface area contributed by atoms with Crippen LogP contribution in [0.4, 0.5) is 4.39 Å². The molecule has 1 saturated heterocycles. The summed E-state index contributed by atoms with van der Waals surface area (Å²) in [5, 5.41) is 5.89. The summed E-state index contributed by atoms with van der Waals surface area (Å²) in [5.41, 5.74) is 1.32. The maximum atomic E-state index is 13.5. The maximum Gasteiger partial charge on any atom is 0.239 e. The van der Waals surface area contributed by atoms with E-state index in [0.29, 0.717) is 31.9 Å². The third kappa shape index (κ3) is 4.00. The summed E-state index contributed by atoms with van der Waals surface area (Å²) in [4.78, 5) is 11.9. The second-order valence-corrected chi connectivity index (χ2v) is 4.66. The van der Waals surface area contributed by atoms with Gasteiger partial charge in [0.25, 0.3) is 0 Å². The number of nitrogens with one attached hydrogen (secondary N) is 2. The average molecular weight is 282 g/mol. The van der Waals surface area contributed by atoms with Crippen molar-refractivity contribution in [3.63, 3.8) is 0 Å². The standard InChI is InChI=1S/C14H19FN2O3/c1-19-8-11-6-10(2-3-12(11)15)7-17-14(18)13-9-20-5-4-16-13/h2-3,6,13,16H,4-5,7-9H2,1H3,(H,17,18)/t13-/m1/s1. The summed E-state index contributed by atoms with van der Waals surface area (Å²) in [6.07, 6.45) is 0. The molecule has 1 aromatic carbocycles. The van der Waals surface area contributed by atoms with Crippen LogP contribution in [0.3, 0.4) is 0 Å². The lowest BCUT2D eigenvalue weighted by atomic mass is 10.1. The number of hydrogen-bond donors (Lipinski definition) is 2. The summed E-state index contributed by atoms with van der Waals surface area (Å²) >= 11 is 0. The summed E-state index contributed by atoms with van der Waals surface area (Å²) in [7, 11) is 1.52. The number of morpholine rings is 1. The van der Waals surface area contributed by atoms with E-state index in [0.717, 1.165) is 5.56 Å². The van der Waals surface area contributed by atoms with Crippen molar-refractivity contribution in [2.45, 2.75) is 19.2 Å². The van der Waals surface area contributed by atoms with Crippen molar-refractivity contribution in [3.8, 4) is 0 Å². The summed E-state index contributed by atoms with van der Waals surface area (Å²) < 4.78 is 23.6. The third-order valence-corrected chi connectivity index (χ3v) is 3.11. The predicted octanol–water partition coefficient (Wildman–Crippen LogP) is 0.577. The van der Waals surface area contributed by atoms with Gasteiger partial charge in [-0.1, -0.05) is 6.07 Å². The van der Waals surface area contributed by atoms with Crippen molar-refractivity contribution >= 4 is 5.91 Å². The molecule has 6 heteroatoms. The molecule has 5 nitrogen and oxygen atoms in total. The fourth-order valence-electron chi connectivity index (χ4n) is 2.05. The molecule has 1 atom stereocenters. The van der Waals surface area contributed by atoms with Gasteiger partial charge in [-0.25, -0.2) is 4.39 Å². The molecule has 1 heterocycles. The van der Waals surface area contributed by atoms with Gasteiger partial charge >= 0.3 is 0 Å². The summed E-state index contributed by atoms with van der Waals surface area (Å²) in [6.45, 7) is 2.25. The zero-order valence-corrected chi connectivity index (χ0v) is 11.4. The fraction of sp³-hybridized carbons (Fsp3) is 0.500. The Labute approximate surface area is 117 Å². The highest BCUT2D eigenvalue weighted by Gasteiger charge is 2.20. The normalized spacial score (nSPS) is 18.8. The first kappa shape index (κ1) is 14.9. The number of methoxy groups -OCH3 is 1. The number of benzene rings is 1. The molecule has 1 fully saturated rings. The van der Waals surface area contributed by atoms with Crippen LogP contribution in [0, 0.1) is 5.82 Å². The van der Waals surface area contributed by atoms with Crippen molar-refractivity contribution in [2.24, 2.45) is 0 Å². The van der Waals surface area contributed by atoms with Gasteiger partial charge in [0.15, 0.2) is 0 Å². The molecule has 0 radical (unpaired) electrons. The highest BCUT2D eigenvalue weighted by atomic mass is 19.1. The SMILES string of the molecule is COCc1cc(CNC(=O)[C@H]2COCCN2)ccc1F. The molecule has 0 bridgehead atoms. The lowest BCUT2D eigenvalue weighted by molar-refractivity contribution is -0.126. The summed E-state index contributed by atoms with van der Waals surface area (Å²) in [6, 6.07) is 4.42. The van der Waals surface area contributed by atoms with Crippen LogP contribution in [-0.4, -0.2) is 38.8 Å². The van der Waals surface area contributed by atoms with Crippen LogP contribution in [0.25, 0.3) is 0 Å². The monoisotopic (exact) mass is 282 g/mol. The molecular formula is C14H19FN2O3. The Morgan fingerprint density at radius 1 is 1.60 bits per heavy atom. The number of halogens is 1. The van der Waals surface area contributed by atoms with Crippen molar-refractivity contribution in [1.82, 2.24) is 10.6 Å². The Hall–Kier alpha value is -1.50. The highest BCUT2D eigenvalue weighted by Crippen LogP contribution is 2.11. The van der Waals surface area contributed by atoms with E-state index >= 15 is 0 Å². The van der Waals surface area contributed by atoms with Crippen LogP contribution < -0.4 is 10.6 Å². The van der Waals surface area contributed by atoms with Gasteiger partial charge in [0, 0.05) is 25.8 Å². The van der Waals surface area contributed by atoms with Crippen molar-refractivity contribution in [1.29, 1.82) is 0 Å². The second kappa shape index (κ2) is 7.33. The van der Waals surface area contributed by atoms with Crippen LogP contribution in [0.1, 0.15) is 11.1 Å². The number of carbonyl (C=O) groups excluding carboxylic acids is 1. The molecule has 1 aliphatic rings. The number of amides is 1. The van der Waals surface area contributed by atoms with Crippen molar-refractivity contribution in [3.05, 3.63) is 35.1 Å². The first-order valence-corrected chi connectivity index (χ1v) is 6.56. The minimum absolute atomic E-state index is 0.109. The quantitative estimate of drug-likeness (QED) is 0.829. The zero-order chi connectivity index (χ0) is 14.4. The molecule has 2 N–H and O–H groups in total. The number of carbonyl (C=O) groups is 1. The van der Waals surface area contributed by atoms with Crippen LogP contribution >= 0.6 is 0 Å². The molecule has 20 heavy (non-hydrogen) atoms. The number of hydrogen-bond acceptors (Lipinski definition) is 4. The predicted molar refractivity (Wildman–Crippen MR) is 71.6 cm³/mol. The van der Waals surface area contributed by atoms with Crippen molar-refractivity contribution in [2.75, 3.05) is 26.9 Å². The van der Waals surface area contributed by atoms with Crippen LogP contribution in [0.15, 0.2) is 18.2 Å². The summed E-state index contributed by atoms with van der Waals surface area (Å²) in [5.74, 6) is -0.411.